The fourth-order valence-corrected chi connectivity index (χ4v) is 3.35. The Morgan fingerprint density at radius 2 is 1.34 bits per heavy atom. The van der Waals surface area contributed by atoms with E-state index in [2.05, 4.69) is 69.6 Å². The van der Waals surface area contributed by atoms with Crippen molar-refractivity contribution in [2.24, 2.45) is 5.11 Å². The summed E-state index contributed by atoms with van der Waals surface area (Å²) in [5.41, 5.74) is 15.7. The predicted molar refractivity (Wildman–Crippen MR) is 154 cm³/mol. The molecular weight excluding hydrogens is 468 g/mol. The summed E-state index contributed by atoms with van der Waals surface area (Å²) >= 11 is 0. The lowest BCUT2D eigenvalue weighted by atomic mass is 10.1. The summed E-state index contributed by atoms with van der Waals surface area (Å²) in [6.45, 7) is 5.31. The molecule has 0 aliphatic carbocycles. The van der Waals surface area contributed by atoms with Crippen molar-refractivity contribution >= 4 is 0 Å². The second-order valence-electron chi connectivity index (χ2n) is 8.54. The molecule has 0 saturated carbocycles. The van der Waals surface area contributed by atoms with E-state index in [1.54, 1.807) is 0 Å². The molecule has 5 aromatic rings. The average Bonchev–Trinajstić information content (AvgIpc) is 3.43. The first-order valence-electron chi connectivity index (χ1n) is 12.2. The van der Waals surface area contributed by atoms with Gasteiger partial charge < -0.3 is 0 Å². The molecule has 0 N–H and O–H groups in total. The highest BCUT2D eigenvalue weighted by molar-refractivity contribution is 5.57. The maximum atomic E-state index is 7.99. The Balaban J connectivity index is 0.000000177. The van der Waals surface area contributed by atoms with E-state index in [4.69, 9.17) is 12.0 Å². The molecule has 1 heterocycles. The Labute approximate surface area is 224 Å². The van der Waals surface area contributed by atoms with Gasteiger partial charge in [-0.1, -0.05) is 124 Å². The molecule has 0 spiro atoms. The molecule has 38 heavy (non-hydrogen) atoms. The molecule has 6 nitrogen and oxygen atoms in total. The van der Waals surface area contributed by atoms with Crippen molar-refractivity contribution in [1.29, 1.82) is 0 Å². The van der Waals surface area contributed by atoms with Gasteiger partial charge in [0.15, 0.2) is 0 Å². The van der Waals surface area contributed by atoms with Crippen molar-refractivity contribution < 1.29 is 0 Å². The monoisotopic (exact) mass is 498 g/mol. The van der Waals surface area contributed by atoms with Crippen LogP contribution < -0.4 is 0 Å². The predicted octanol–water partition coefficient (Wildman–Crippen LogP) is 7.78. The zero-order valence-corrected chi connectivity index (χ0v) is 21.6. The van der Waals surface area contributed by atoms with Gasteiger partial charge in [-0.25, -0.2) is 4.68 Å². The van der Waals surface area contributed by atoms with Crippen molar-refractivity contribution in [3.05, 3.63) is 154 Å². The van der Waals surface area contributed by atoms with Gasteiger partial charge in [-0.3, -0.25) is 0 Å². The molecule has 0 aliphatic heterocycles. The fourth-order valence-electron chi connectivity index (χ4n) is 3.35. The van der Waals surface area contributed by atoms with Gasteiger partial charge in [0.05, 0.1) is 19.3 Å². The maximum absolute atomic E-state index is 7.99. The Morgan fingerprint density at radius 1 is 0.789 bits per heavy atom. The standard InChI is InChI=1S/C16H15N3.C9H8.C7H7N3/c1-13-7-9-15(10-8-13)16-12-19(18-17-16)11-14-5-3-2-4-6-14;1-3-9-6-4-8(2)5-7-9;8-10-9-6-7-4-2-1-3-5-7/h2-10,12H,11H2,1H3;1,4-7H,2H3;1-5H,6H2. The van der Waals surface area contributed by atoms with E-state index < -0.39 is 0 Å². The van der Waals surface area contributed by atoms with Crippen molar-refractivity contribution in [3.63, 3.8) is 0 Å². The lowest BCUT2D eigenvalue weighted by molar-refractivity contribution is 0.650. The van der Waals surface area contributed by atoms with Crippen molar-refractivity contribution in [2.75, 3.05) is 0 Å². The second-order valence-corrected chi connectivity index (χ2v) is 8.54. The third kappa shape index (κ3) is 9.50. The summed E-state index contributed by atoms with van der Waals surface area (Å²) in [6.07, 6.45) is 7.13. The second kappa shape index (κ2) is 15.1. The molecule has 0 bridgehead atoms. The van der Waals surface area contributed by atoms with Crippen LogP contribution in [0.3, 0.4) is 0 Å². The van der Waals surface area contributed by atoms with Gasteiger partial charge in [-0.2, -0.15) is 0 Å². The molecule has 0 aliphatic rings. The van der Waals surface area contributed by atoms with Crippen LogP contribution in [0.1, 0.15) is 27.8 Å². The van der Waals surface area contributed by atoms with Crippen LogP contribution in [-0.2, 0) is 13.1 Å². The number of hydrogen-bond acceptors (Lipinski definition) is 3. The van der Waals surface area contributed by atoms with E-state index in [0.29, 0.717) is 6.54 Å². The third-order valence-corrected chi connectivity index (χ3v) is 5.45. The molecule has 0 radical (unpaired) electrons. The first-order chi connectivity index (χ1) is 18.6. The number of nitrogens with zero attached hydrogens (tertiary/aromatic N) is 6. The van der Waals surface area contributed by atoms with Gasteiger partial charge in [0.1, 0.15) is 5.69 Å². The highest BCUT2D eigenvalue weighted by atomic mass is 15.4. The summed E-state index contributed by atoms with van der Waals surface area (Å²) in [7, 11) is 0. The fraction of sp³-hybridized carbons (Fsp3) is 0.125. The Kier molecular flexibility index (Phi) is 10.9. The number of terminal acetylenes is 1. The molecule has 6 heteroatoms. The van der Waals surface area contributed by atoms with Crippen molar-refractivity contribution in [1.82, 2.24) is 15.0 Å². The van der Waals surface area contributed by atoms with Crippen LogP contribution in [0.15, 0.2) is 121 Å². The van der Waals surface area contributed by atoms with Crippen LogP contribution in [0.5, 0.6) is 0 Å². The van der Waals surface area contributed by atoms with Crippen LogP contribution in [-0.4, -0.2) is 15.0 Å². The molecule has 0 atom stereocenters. The molecule has 0 amide bonds. The van der Waals surface area contributed by atoms with E-state index in [0.717, 1.165) is 28.9 Å². The number of benzene rings is 4. The number of aromatic nitrogens is 3. The van der Waals surface area contributed by atoms with Gasteiger partial charge in [0.2, 0.25) is 0 Å². The van der Waals surface area contributed by atoms with Gasteiger partial charge in [0, 0.05) is 16.0 Å². The van der Waals surface area contributed by atoms with Crippen LogP contribution in [0.25, 0.3) is 21.7 Å². The maximum Gasteiger partial charge on any atom is 0.113 e. The topological polar surface area (TPSA) is 79.5 Å². The number of hydrogen-bond donors (Lipinski definition) is 0. The Morgan fingerprint density at radius 3 is 1.89 bits per heavy atom. The summed E-state index contributed by atoms with van der Waals surface area (Å²) in [5.74, 6) is 2.55. The van der Waals surface area contributed by atoms with Gasteiger partial charge >= 0.3 is 0 Å². The lowest BCUT2D eigenvalue weighted by Crippen LogP contribution is -1.99. The number of aryl methyl sites for hydroxylation is 2. The Hall–Kier alpha value is -5.11. The summed E-state index contributed by atoms with van der Waals surface area (Å²) in [6, 6.07) is 36.1. The molecule has 1 aromatic heterocycles. The highest BCUT2D eigenvalue weighted by Gasteiger charge is 2.04. The normalized spacial score (nSPS) is 9.50. The molecule has 5 rings (SSSR count). The minimum atomic E-state index is 0.442. The molecular formula is C32H30N6. The van der Waals surface area contributed by atoms with Crippen LogP contribution >= 0.6 is 0 Å². The smallest absolute Gasteiger partial charge is 0.113 e. The van der Waals surface area contributed by atoms with E-state index in [1.807, 2.05) is 90.6 Å². The number of rotatable bonds is 5. The zero-order chi connectivity index (χ0) is 27.0. The van der Waals surface area contributed by atoms with E-state index in [9.17, 15) is 0 Å². The minimum absolute atomic E-state index is 0.442. The van der Waals surface area contributed by atoms with Crippen molar-refractivity contribution in [3.8, 4) is 23.6 Å². The van der Waals surface area contributed by atoms with Crippen LogP contribution in [0.4, 0.5) is 0 Å². The van der Waals surface area contributed by atoms with Gasteiger partial charge in [-0.05, 0) is 42.6 Å². The molecule has 0 fully saturated rings. The zero-order valence-electron chi connectivity index (χ0n) is 21.6. The SMILES string of the molecule is C#Cc1ccc(C)cc1.Cc1ccc(-c2cn(Cc3ccccc3)nn2)cc1.[N-]=[N+]=NCc1ccccc1. The first-order valence-corrected chi connectivity index (χ1v) is 12.2. The van der Waals surface area contributed by atoms with Gasteiger partial charge in [0.25, 0.3) is 0 Å². The van der Waals surface area contributed by atoms with Crippen molar-refractivity contribution in [2.45, 2.75) is 26.9 Å². The molecule has 188 valence electrons. The van der Waals surface area contributed by atoms with E-state index in [-0.39, 0.29) is 0 Å². The van der Waals surface area contributed by atoms with E-state index >= 15 is 0 Å². The first kappa shape index (κ1) is 27.5. The van der Waals surface area contributed by atoms with E-state index in [1.165, 1.54) is 16.7 Å². The summed E-state index contributed by atoms with van der Waals surface area (Å²) in [4.78, 5) is 2.66. The Bertz CT molecular complexity index is 1460. The molecule has 0 unspecified atom stereocenters. The van der Waals surface area contributed by atoms with Crippen LogP contribution in [0.2, 0.25) is 0 Å². The highest BCUT2D eigenvalue weighted by Crippen LogP contribution is 2.16. The number of azide groups is 1. The summed E-state index contributed by atoms with van der Waals surface area (Å²) in [5, 5.41) is 11.8. The quantitative estimate of drug-likeness (QED) is 0.107. The average molecular weight is 499 g/mol. The lowest BCUT2D eigenvalue weighted by Gasteiger charge is -1.99. The molecule has 4 aromatic carbocycles. The van der Waals surface area contributed by atoms with Gasteiger partial charge in [-0.15, -0.1) is 11.5 Å². The van der Waals surface area contributed by atoms with Crippen LogP contribution in [0, 0.1) is 26.2 Å². The minimum Gasteiger partial charge on any atom is -0.247 e. The molecule has 0 saturated heterocycles. The summed E-state index contributed by atoms with van der Waals surface area (Å²) < 4.78 is 1.87. The largest absolute Gasteiger partial charge is 0.247 e. The third-order valence-electron chi connectivity index (χ3n) is 5.45.